The van der Waals surface area contributed by atoms with Gasteiger partial charge in [-0.3, -0.25) is 19.4 Å². The molecule has 2 aromatic rings. The maximum atomic E-state index is 12.8. The largest absolute Gasteiger partial charge is 0.341 e. The number of nitrogens with zero attached hydrogens (tertiary/aromatic N) is 5. The average Bonchev–Trinajstić information content (AvgIpc) is 3.49. The van der Waals surface area contributed by atoms with E-state index in [9.17, 15) is 9.59 Å². The van der Waals surface area contributed by atoms with Crippen LogP contribution in [0.2, 0.25) is 0 Å². The van der Waals surface area contributed by atoms with Gasteiger partial charge in [-0.25, -0.2) is 9.97 Å². The van der Waals surface area contributed by atoms with Crippen LogP contribution in [0.5, 0.6) is 0 Å². The van der Waals surface area contributed by atoms with Crippen LogP contribution in [0.3, 0.4) is 0 Å². The predicted octanol–water partition coefficient (Wildman–Crippen LogP) is 2.68. The SMILES string of the molecule is Cc1nc([C@H]2CCN(C(=O)CN3CCCC3)C2)nc2c1CCC(=O)N2Cc1ccccc1. The average molecular weight is 434 g/mol. The quantitative estimate of drug-likeness (QED) is 0.725. The highest BCUT2D eigenvalue weighted by atomic mass is 16.2. The van der Waals surface area contributed by atoms with Crippen LogP contribution >= 0.6 is 0 Å². The third kappa shape index (κ3) is 4.26. The Labute approximate surface area is 189 Å². The van der Waals surface area contributed by atoms with Gasteiger partial charge in [-0.05, 0) is 51.3 Å². The summed E-state index contributed by atoms with van der Waals surface area (Å²) in [4.78, 5) is 41.4. The van der Waals surface area contributed by atoms with Gasteiger partial charge in [-0.1, -0.05) is 30.3 Å². The number of rotatable bonds is 5. The Balaban J connectivity index is 1.35. The number of likely N-dealkylation sites (tertiary alicyclic amines) is 2. The number of benzene rings is 1. The van der Waals surface area contributed by atoms with E-state index in [0.29, 0.717) is 32.5 Å². The van der Waals surface area contributed by atoms with Crippen molar-refractivity contribution in [3.8, 4) is 0 Å². The molecule has 2 fully saturated rings. The van der Waals surface area contributed by atoms with E-state index in [2.05, 4.69) is 4.90 Å². The van der Waals surface area contributed by atoms with E-state index in [1.807, 2.05) is 47.1 Å². The normalized spacial score (nSPS) is 21.3. The van der Waals surface area contributed by atoms with Crippen LogP contribution in [0.1, 0.15) is 54.2 Å². The van der Waals surface area contributed by atoms with E-state index in [-0.39, 0.29) is 17.7 Å². The van der Waals surface area contributed by atoms with Crippen molar-refractivity contribution in [2.75, 3.05) is 37.6 Å². The Morgan fingerprint density at radius 2 is 1.84 bits per heavy atom. The molecular weight excluding hydrogens is 402 g/mol. The molecule has 0 unspecified atom stereocenters. The molecule has 1 atom stereocenters. The summed E-state index contributed by atoms with van der Waals surface area (Å²) in [5.41, 5.74) is 3.12. The second-order valence-electron chi connectivity index (χ2n) is 9.24. The van der Waals surface area contributed by atoms with Gasteiger partial charge in [0, 0.05) is 36.7 Å². The van der Waals surface area contributed by atoms with E-state index in [0.717, 1.165) is 54.5 Å². The van der Waals surface area contributed by atoms with Crippen molar-refractivity contribution in [2.24, 2.45) is 0 Å². The highest BCUT2D eigenvalue weighted by Gasteiger charge is 2.33. The zero-order valence-electron chi connectivity index (χ0n) is 18.8. The highest BCUT2D eigenvalue weighted by Crippen LogP contribution is 2.33. The fourth-order valence-electron chi connectivity index (χ4n) is 5.14. The lowest BCUT2D eigenvalue weighted by atomic mass is 10.0. The van der Waals surface area contributed by atoms with E-state index >= 15 is 0 Å². The fourth-order valence-corrected chi connectivity index (χ4v) is 5.14. The smallest absolute Gasteiger partial charge is 0.236 e. The molecule has 0 radical (unpaired) electrons. The lowest BCUT2D eigenvalue weighted by molar-refractivity contribution is -0.131. The predicted molar refractivity (Wildman–Crippen MR) is 122 cm³/mol. The Hall–Kier alpha value is -2.80. The Morgan fingerprint density at radius 3 is 2.62 bits per heavy atom. The van der Waals surface area contributed by atoms with Gasteiger partial charge in [0.1, 0.15) is 11.6 Å². The van der Waals surface area contributed by atoms with Crippen molar-refractivity contribution in [1.82, 2.24) is 19.8 Å². The van der Waals surface area contributed by atoms with E-state index < -0.39 is 0 Å². The number of hydrogen-bond donors (Lipinski definition) is 0. The summed E-state index contributed by atoms with van der Waals surface area (Å²) in [7, 11) is 0. The summed E-state index contributed by atoms with van der Waals surface area (Å²) in [5, 5.41) is 0. The van der Waals surface area contributed by atoms with Crippen LogP contribution < -0.4 is 4.90 Å². The van der Waals surface area contributed by atoms with Crippen molar-refractivity contribution in [3.63, 3.8) is 0 Å². The van der Waals surface area contributed by atoms with E-state index in [1.165, 1.54) is 12.8 Å². The molecule has 0 spiro atoms. The third-order valence-corrected chi connectivity index (χ3v) is 7.00. The number of aryl methyl sites for hydroxylation is 1. The zero-order chi connectivity index (χ0) is 22.1. The van der Waals surface area contributed by atoms with Crippen molar-refractivity contribution < 1.29 is 9.59 Å². The van der Waals surface area contributed by atoms with E-state index in [4.69, 9.17) is 9.97 Å². The molecule has 7 nitrogen and oxygen atoms in total. The summed E-state index contributed by atoms with van der Waals surface area (Å²) in [6.45, 7) is 6.54. The molecule has 4 heterocycles. The first kappa shape index (κ1) is 21.1. The minimum Gasteiger partial charge on any atom is -0.341 e. The van der Waals surface area contributed by atoms with Gasteiger partial charge >= 0.3 is 0 Å². The Morgan fingerprint density at radius 1 is 1.06 bits per heavy atom. The number of carbonyl (C=O) groups excluding carboxylic acids is 2. The molecule has 0 saturated carbocycles. The van der Waals surface area contributed by atoms with Crippen molar-refractivity contribution >= 4 is 17.6 Å². The molecular formula is C25H31N5O2. The molecule has 1 aromatic carbocycles. The van der Waals surface area contributed by atoms with Gasteiger partial charge in [0.15, 0.2) is 0 Å². The fraction of sp³-hybridized carbons (Fsp3) is 0.520. The van der Waals surface area contributed by atoms with Crippen molar-refractivity contribution in [3.05, 3.63) is 53.0 Å². The standard InChI is InChI=1S/C25H31N5O2/c1-18-21-9-10-22(31)30(15-19-7-3-2-4-8-19)25(21)27-24(26-18)20-11-14-29(16-20)23(32)17-28-12-5-6-13-28/h2-4,7-8,20H,5-6,9-17H2,1H3/t20-/m0/s1. The summed E-state index contributed by atoms with van der Waals surface area (Å²) >= 11 is 0. The van der Waals surface area contributed by atoms with Crippen LogP contribution in [0.25, 0.3) is 0 Å². The number of carbonyl (C=O) groups is 2. The molecule has 7 heteroatoms. The van der Waals surface area contributed by atoms with Gasteiger partial charge in [0.25, 0.3) is 0 Å². The topological polar surface area (TPSA) is 69.6 Å². The first-order valence-corrected chi connectivity index (χ1v) is 11.8. The minimum atomic E-state index is 0.110. The summed E-state index contributed by atoms with van der Waals surface area (Å²) in [5.74, 6) is 1.97. The Kier molecular flexibility index (Phi) is 5.91. The maximum Gasteiger partial charge on any atom is 0.236 e. The molecule has 0 N–H and O–H groups in total. The van der Waals surface area contributed by atoms with Gasteiger partial charge in [-0.15, -0.1) is 0 Å². The van der Waals surface area contributed by atoms with Crippen molar-refractivity contribution in [2.45, 2.75) is 51.5 Å². The van der Waals surface area contributed by atoms with Crippen molar-refractivity contribution in [1.29, 1.82) is 0 Å². The molecule has 0 aliphatic carbocycles. The molecule has 32 heavy (non-hydrogen) atoms. The number of amides is 2. The van der Waals surface area contributed by atoms with Gasteiger partial charge in [-0.2, -0.15) is 0 Å². The van der Waals surface area contributed by atoms with Crippen LogP contribution in [0.15, 0.2) is 30.3 Å². The lowest BCUT2D eigenvalue weighted by Gasteiger charge is -2.30. The summed E-state index contributed by atoms with van der Waals surface area (Å²) in [6.07, 6.45) is 4.44. The summed E-state index contributed by atoms with van der Waals surface area (Å²) in [6, 6.07) is 10.0. The number of fused-ring (bicyclic) bond motifs is 1. The zero-order valence-corrected chi connectivity index (χ0v) is 18.8. The molecule has 168 valence electrons. The molecule has 2 saturated heterocycles. The van der Waals surface area contributed by atoms with Gasteiger partial charge < -0.3 is 4.90 Å². The maximum absolute atomic E-state index is 12.8. The van der Waals surface area contributed by atoms with Crippen LogP contribution in [0.4, 0.5) is 5.82 Å². The molecule has 3 aliphatic heterocycles. The first-order chi connectivity index (χ1) is 15.6. The Bertz CT molecular complexity index is 1000. The molecule has 2 amide bonds. The minimum absolute atomic E-state index is 0.110. The van der Waals surface area contributed by atoms with Gasteiger partial charge in [0.05, 0.1) is 13.1 Å². The van der Waals surface area contributed by atoms with Crippen LogP contribution in [-0.4, -0.2) is 64.3 Å². The van der Waals surface area contributed by atoms with Crippen LogP contribution in [-0.2, 0) is 22.6 Å². The molecule has 1 aromatic heterocycles. The summed E-state index contributed by atoms with van der Waals surface area (Å²) < 4.78 is 0. The molecule has 5 rings (SSSR count). The van der Waals surface area contributed by atoms with E-state index in [1.54, 1.807) is 0 Å². The van der Waals surface area contributed by atoms with Crippen LogP contribution in [0, 0.1) is 6.92 Å². The number of aromatic nitrogens is 2. The molecule has 0 bridgehead atoms. The second kappa shape index (κ2) is 8.98. The van der Waals surface area contributed by atoms with Gasteiger partial charge in [0.2, 0.25) is 11.8 Å². The first-order valence-electron chi connectivity index (χ1n) is 11.8. The number of anilines is 1. The third-order valence-electron chi connectivity index (χ3n) is 7.00. The lowest BCUT2D eigenvalue weighted by Crippen LogP contribution is -2.38. The number of hydrogen-bond acceptors (Lipinski definition) is 5. The second-order valence-corrected chi connectivity index (χ2v) is 9.24. The highest BCUT2D eigenvalue weighted by molar-refractivity contribution is 5.95. The monoisotopic (exact) mass is 433 g/mol. The molecule has 3 aliphatic rings.